The number of aromatic nitrogens is 2. The van der Waals surface area contributed by atoms with Crippen LogP contribution in [0, 0.1) is 12.7 Å². The van der Waals surface area contributed by atoms with Gasteiger partial charge in [0, 0.05) is 0 Å². The summed E-state index contributed by atoms with van der Waals surface area (Å²) < 4.78 is 13.9. The average molecular weight is 207 g/mol. The molecule has 3 N–H and O–H groups in total. The predicted octanol–water partition coefficient (Wildman–Crippen LogP) is 1.20. The summed E-state index contributed by atoms with van der Waals surface area (Å²) in [6.07, 6.45) is 0. The van der Waals surface area contributed by atoms with E-state index in [1.54, 1.807) is 6.92 Å². The van der Waals surface area contributed by atoms with E-state index in [2.05, 4.69) is 5.10 Å². The number of anilines is 1. The molecule has 4 nitrogen and oxygen atoms in total. The molecule has 0 aliphatic carbocycles. The molecule has 0 atom stereocenters. The van der Waals surface area contributed by atoms with E-state index in [4.69, 9.17) is 5.73 Å². The molecular weight excluding hydrogens is 197 g/mol. The Bertz CT molecular complexity index is 539. The van der Waals surface area contributed by atoms with Crippen LogP contribution in [0.2, 0.25) is 0 Å². The van der Waals surface area contributed by atoms with Crippen molar-refractivity contribution in [2.24, 2.45) is 0 Å². The van der Waals surface area contributed by atoms with E-state index in [-0.39, 0.29) is 17.1 Å². The molecule has 1 heterocycles. The Balaban J connectivity index is 2.59. The third kappa shape index (κ3) is 1.52. The van der Waals surface area contributed by atoms with Crippen LogP contribution >= 0.6 is 0 Å². The minimum atomic E-state index is -0.344. The summed E-state index contributed by atoms with van der Waals surface area (Å²) in [6.45, 7) is 1.71. The van der Waals surface area contributed by atoms with Crippen LogP contribution < -0.4 is 11.3 Å². The number of benzene rings is 1. The van der Waals surface area contributed by atoms with Crippen molar-refractivity contribution < 1.29 is 4.39 Å². The highest BCUT2D eigenvalue weighted by Crippen LogP contribution is 2.08. The quantitative estimate of drug-likeness (QED) is 0.737. The molecule has 0 radical (unpaired) electrons. The number of aryl methyl sites for hydroxylation is 1. The standard InChI is InChI=1S/C10H10FN3O/c1-6-9(12)10(15)14(13-6)8-4-2-7(11)3-5-8/h2-5,13H,12H2,1H3. The summed E-state index contributed by atoms with van der Waals surface area (Å²) in [5.74, 6) is -0.344. The van der Waals surface area contributed by atoms with Gasteiger partial charge in [-0.05, 0) is 31.2 Å². The highest BCUT2D eigenvalue weighted by atomic mass is 19.1. The van der Waals surface area contributed by atoms with Gasteiger partial charge in [-0.1, -0.05) is 0 Å². The molecule has 1 aromatic carbocycles. The SMILES string of the molecule is Cc1[nH]n(-c2ccc(F)cc2)c(=O)c1N. The monoisotopic (exact) mass is 207 g/mol. The van der Waals surface area contributed by atoms with Crippen molar-refractivity contribution >= 4 is 5.69 Å². The molecule has 0 aliphatic heterocycles. The number of aromatic amines is 1. The van der Waals surface area contributed by atoms with Crippen molar-refractivity contribution in [3.05, 3.63) is 46.1 Å². The molecule has 0 unspecified atom stereocenters. The molecule has 1 aromatic heterocycles. The van der Waals surface area contributed by atoms with Crippen LogP contribution in [0.25, 0.3) is 5.69 Å². The number of hydrogen-bond donors (Lipinski definition) is 2. The van der Waals surface area contributed by atoms with Gasteiger partial charge in [-0.15, -0.1) is 0 Å². The number of rotatable bonds is 1. The van der Waals surface area contributed by atoms with Gasteiger partial charge >= 0.3 is 0 Å². The summed E-state index contributed by atoms with van der Waals surface area (Å²) in [5.41, 5.74) is 6.55. The number of nitrogens with one attached hydrogen (secondary N) is 1. The van der Waals surface area contributed by atoms with Crippen molar-refractivity contribution in [1.29, 1.82) is 0 Å². The zero-order valence-electron chi connectivity index (χ0n) is 8.12. The predicted molar refractivity (Wildman–Crippen MR) is 55.5 cm³/mol. The number of halogens is 1. The first-order valence-electron chi connectivity index (χ1n) is 4.42. The molecule has 78 valence electrons. The van der Waals surface area contributed by atoms with Gasteiger partial charge in [-0.2, -0.15) is 0 Å². The van der Waals surface area contributed by atoms with E-state index in [0.717, 1.165) is 0 Å². The van der Waals surface area contributed by atoms with Gasteiger partial charge in [0.2, 0.25) is 0 Å². The summed E-state index contributed by atoms with van der Waals surface area (Å²) in [6, 6.07) is 5.58. The topological polar surface area (TPSA) is 63.8 Å². The van der Waals surface area contributed by atoms with Crippen LogP contribution in [0.3, 0.4) is 0 Å². The van der Waals surface area contributed by atoms with E-state index >= 15 is 0 Å². The molecule has 0 aliphatic rings. The van der Waals surface area contributed by atoms with Crippen molar-refractivity contribution in [1.82, 2.24) is 9.78 Å². The van der Waals surface area contributed by atoms with E-state index in [1.807, 2.05) is 0 Å². The summed E-state index contributed by atoms with van der Waals surface area (Å²) in [7, 11) is 0. The summed E-state index contributed by atoms with van der Waals surface area (Å²) >= 11 is 0. The fraction of sp³-hybridized carbons (Fsp3) is 0.100. The van der Waals surface area contributed by atoms with Gasteiger partial charge in [0.25, 0.3) is 5.56 Å². The van der Waals surface area contributed by atoms with Crippen LogP contribution in [0.1, 0.15) is 5.69 Å². The van der Waals surface area contributed by atoms with Crippen LogP contribution in [-0.4, -0.2) is 9.78 Å². The fourth-order valence-corrected chi connectivity index (χ4v) is 1.33. The van der Waals surface area contributed by atoms with Gasteiger partial charge < -0.3 is 5.73 Å². The Morgan fingerprint density at radius 3 is 2.40 bits per heavy atom. The molecular formula is C10H10FN3O. The first kappa shape index (κ1) is 9.51. The summed E-state index contributed by atoms with van der Waals surface area (Å²) in [4.78, 5) is 11.6. The maximum Gasteiger partial charge on any atom is 0.294 e. The maximum absolute atomic E-state index is 12.7. The van der Waals surface area contributed by atoms with Crippen molar-refractivity contribution in [2.45, 2.75) is 6.92 Å². The number of hydrogen-bond acceptors (Lipinski definition) is 2. The zero-order chi connectivity index (χ0) is 11.0. The molecule has 2 rings (SSSR count). The average Bonchev–Trinajstić information content (AvgIpc) is 2.47. The van der Waals surface area contributed by atoms with E-state index in [1.165, 1.54) is 28.9 Å². The second-order valence-electron chi connectivity index (χ2n) is 3.27. The fourth-order valence-electron chi connectivity index (χ4n) is 1.33. The number of nitrogen functional groups attached to an aromatic ring is 1. The molecule has 0 spiro atoms. The highest BCUT2D eigenvalue weighted by Gasteiger charge is 2.08. The maximum atomic E-state index is 12.7. The lowest BCUT2D eigenvalue weighted by Crippen LogP contribution is -2.16. The van der Waals surface area contributed by atoms with Gasteiger partial charge in [-0.3, -0.25) is 9.89 Å². The largest absolute Gasteiger partial charge is 0.393 e. The first-order valence-corrected chi connectivity index (χ1v) is 4.42. The smallest absolute Gasteiger partial charge is 0.294 e. The van der Waals surface area contributed by atoms with Crippen LogP contribution in [-0.2, 0) is 0 Å². The number of nitrogens with zero attached hydrogens (tertiary/aromatic N) is 1. The van der Waals surface area contributed by atoms with Crippen molar-refractivity contribution in [2.75, 3.05) is 5.73 Å². The van der Waals surface area contributed by atoms with Crippen LogP contribution in [0.5, 0.6) is 0 Å². The van der Waals surface area contributed by atoms with Gasteiger partial charge in [-0.25, -0.2) is 9.07 Å². The molecule has 0 saturated heterocycles. The van der Waals surface area contributed by atoms with Crippen LogP contribution in [0.4, 0.5) is 10.1 Å². The molecule has 5 heteroatoms. The van der Waals surface area contributed by atoms with Crippen molar-refractivity contribution in [3.8, 4) is 5.69 Å². The van der Waals surface area contributed by atoms with E-state index in [9.17, 15) is 9.18 Å². The van der Waals surface area contributed by atoms with Crippen molar-refractivity contribution in [3.63, 3.8) is 0 Å². The lowest BCUT2D eigenvalue weighted by molar-refractivity contribution is 0.627. The second kappa shape index (κ2) is 3.27. The molecule has 2 aromatic rings. The lowest BCUT2D eigenvalue weighted by atomic mass is 10.3. The molecule has 15 heavy (non-hydrogen) atoms. The zero-order valence-corrected chi connectivity index (χ0v) is 8.12. The van der Waals surface area contributed by atoms with E-state index in [0.29, 0.717) is 11.4 Å². The molecule has 0 fully saturated rings. The highest BCUT2D eigenvalue weighted by molar-refractivity contribution is 5.43. The van der Waals surface area contributed by atoms with Gasteiger partial charge in [0.05, 0.1) is 11.4 Å². The normalized spacial score (nSPS) is 10.5. The molecule has 0 saturated carbocycles. The lowest BCUT2D eigenvalue weighted by Gasteiger charge is -2.00. The summed E-state index contributed by atoms with van der Waals surface area (Å²) in [5, 5.41) is 2.81. The third-order valence-electron chi connectivity index (χ3n) is 2.20. The van der Waals surface area contributed by atoms with Gasteiger partial charge in [0.1, 0.15) is 11.5 Å². The Morgan fingerprint density at radius 1 is 1.33 bits per heavy atom. The number of H-pyrrole nitrogens is 1. The second-order valence-corrected chi connectivity index (χ2v) is 3.27. The third-order valence-corrected chi connectivity index (χ3v) is 2.20. The minimum Gasteiger partial charge on any atom is -0.393 e. The Morgan fingerprint density at radius 2 is 1.93 bits per heavy atom. The Labute approximate surface area is 85.1 Å². The van der Waals surface area contributed by atoms with E-state index < -0.39 is 0 Å². The minimum absolute atomic E-state index is 0.180. The molecule has 0 bridgehead atoms. The number of nitrogens with two attached hydrogens (primary N) is 1. The van der Waals surface area contributed by atoms with Crippen LogP contribution in [0.15, 0.2) is 29.1 Å². The Hall–Kier alpha value is -2.04. The first-order chi connectivity index (χ1) is 7.09. The van der Waals surface area contributed by atoms with Gasteiger partial charge in [0.15, 0.2) is 0 Å². The molecule has 0 amide bonds. The Kier molecular flexibility index (Phi) is 2.07.